The lowest BCUT2D eigenvalue weighted by Crippen LogP contribution is -2.01. The number of furan rings is 2. The maximum atomic E-state index is 6.77. The summed E-state index contributed by atoms with van der Waals surface area (Å²) >= 11 is 0. The van der Waals surface area contributed by atoms with Crippen LogP contribution in [0.4, 0.5) is 0 Å². The lowest BCUT2D eigenvalue weighted by Gasteiger charge is -2.12. The largest absolute Gasteiger partial charge is 0.452 e. The summed E-state index contributed by atoms with van der Waals surface area (Å²) in [4.78, 5) is 14.9. The second kappa shape index (κ2) is 12.3. The summed E-state index contributed by atoms with van der Waals surface area (Å²) in [5.41, 5.74) is 11.4. The van der Waals surface area contributed by atoms with E-state index in [1.54, 1.807) is 0 Å². The van der Waals surface area contributed by atoms with Crippen molar-refractivity contribution in [3.63, 3.8) is 0 Å². The molecule has 6 nitrogen and oxygen atoms in total. The van der Waals surface area contributed by atoms with E-state index >= 15 is 0 Å². The summed E-state index contributed by atoms with van der Waals surface area (Å²) in [5, 5.41) is 6.57. The van der Waals surface area contributed by atoms with Crippen LogP contribution in [0.25, 0.3) is 117 Å². The normalized spacial score (nSPS) is 11.9. The van der Waals surface area contributed by atoms with Crippen LogP contribution in [0.2, 0.25) is 0 Å². The Bertz CT molecular complexity index is 3470. The first kappa shape index (κ1) is 31.5. The standard InChI is InChI=1S/C51H30N4O2/c1-3-13-31(14-4-1)49-52-50(32-15-5-2-6-16-32)54-51(53-49)34-17-11-18-35(29-34)55-43-23-9-7-19-37(43)42-30-33(25-28-44(42)55)36-21-12-22-39-41-27-26-40-38-20-8-10-24-45(38)56-47(40)48(41)57-46(36)39/h1-30H. The molecule has 12 rings (SSSR count). The van der Waals surface area contributed by atoms with Gasteiger partial charge in [-0.2, -0.15) is 0 Å². The molecular weight excluding hydrogens is 701 g/mol. The first-order chi connectivity index (χ1) is 28.2. The molecule has 0 spiro atoms. The van der Waals surface area contributed by atoms with Crippen molar-refractivity contribution in [3.05, 3.63) is 182 Å². The van der Waals surface area contributed by atoms with Crippen molar-refractivity contribution in [2.75, 3.05) is 0 Å². The molecule has 0 aliphatic carbocycles. The monoisotopic (exact) mass is 730 g/mol. The summed E-state index contributed by atoms with van der Waals surface area (Å²) in [6.07, 6.45) is 0. The van der Waals surface area contributed by atoms with Gasteiger partial charge in [-0.05, 0) is 54.1 Å². The van der Waals surface area contributed by atoms with Gasteiger partial charge in [-0.15, -0.1) is 0 Å². The molecule has 0 saturated carbocycles. The Hall–Kier alpha value is -7.83. The Labute approximate surface area is 325 Å². The van der Waals surface area contributed by atoms with E-state index in [0.29, 0.717) is 17.5 Å². The van der Waals surface area contributed by atoms with E-state index < -0.39 is 0 Å². The van der Waals surface area contributed by atoms with Crippen molar-refractivity contribution in [1.29, 1.82) is 0 Å². The van der Waals surface area contributed by atoms with E-state index in [1.165, 1.54) is 5.39 Å². The number of rotatable bonds is 5. The van der Waals surface area contributed by atoms with Gasteiger partial charge in [0.25, 0.3) is 0 Å². The minimum Gasteiger partial charge on any atom is -0.452 e. The molecule has 0 bridgehead atoms. The quantitative estimate of drug-likeness (QED) is 0.176. The second-order valence-electron chi connectivity index (χ2n) is 14.4. The number of para-hydroxylation sites is 3. The van der Waals surface area contributed by atoms with Gasteiger partial charge in [-0.1, -0.05) is 133 Å². The summed E-state index contributed by atoms with van der Waals surface area (Å²) in [5.74, 6) is 1.89. The van der Waals surface area contributed by atoms with Gasteiger partial charge in [-0.25, -0.2) is 15.0 Å². The zero-order chi connectivity index (χ0) is 37.5. The molecule has 0 fully saturated rings. The molecule has 0 amide bonds. The zero-order valence-electron chi connectivity index (χ0n) is 30.4. The Morgan fingerprint density at radius 1 is 0.333 bits per heavy atom. The van der Waals surface area contributed by atoms with Crippen LogP contribution in [-0.4, -0.2) is 19.5 Å². The average Bonchev–Trinajstić information content (AvgIpc) is 3.96. The highest BCUT2D eigenvalue weighted by molar-refractivity contribution is 6.20. The maximum Gasteiger partial charge on any atom is 0.178 e. The fourth-order valence-electron chi connectivity index (χ4n) is 8.41. The molecule has 0 aliphatic heterocycles. The molecule has 0 atom stereocenters. The Kier molecular flexibility index (Phi) is 6.83. The molecule has 0 saturated heterocycles. The van der Waals surface area contributed by atoms with Gasteiger partial charge in [0, 0.05) is 60.3 Å². The third-order valence-electron chi connectivity index (χ3n) is 11.1. The van der Waals surface area contributed by atoms with Crippen LogP contribution in [0, 0.1) is 0 Å². The molecule has 4 heterocycles. The second-order valence-corrected chi connectivity index (χ2v) is 14.4. The molecule has 0 aliphatic rings. The van der Waals surface area contributed by atoms with E-state index in [2.05, 4.69) is 108 Å². The highest BCUT2D eigenvalue weighted by atomic mass is 16.4. The van der Waals surface area contributed by atoms with Gasteiger partial charge in [0.05, 0.1) is 11.0 Å². The molecule has 57 heavy (non-hydrogen) atoms. The maximum absolute atomic E-state index is 6.77. The summed E-state index contributed by atoms with van der Waals surface area (Å²) in [7, 11) is 0. The van der Waals surface area contributed by atoms with Gasteiger partial charge in [0.1, 0.15) is 11.2 Å². The van der Waals surface area contributed by atoms with Crippen molar-refractivity contribution < 1.29 is 8.83 Å². The van der Waals surface area contributed by atoms with Crippen LogP contribution >= 0.6 is 0 Å². The summed E-state index contributed by atoms with van der Waals surface area (Å²) in [6.45, 7) is 0. The third kappa shape index (κ3) is 4.94. The van der Waals surface area contributed by atoms with Crippen LogP contribution in [0.1, 0.15) is 0 Å². The fourth-order valence-corrected chi connectivity index (χ4v) is 8.41. The predicted molar refractivity (Wildman–Crippen MR) is 230 cm³/mol. The Balaban J connectivity index is 1.01. The topological polar surface area (TPSA) is 69.9 Å². The molecule has 6 heteroatoms. The van der Waals surface area contributed by atoms with E-state index in [0.717, 1.165) is 93.8 Å². The average molecular weight is 731 g/mol. The fraction of sp³-hybridized carbons (Fsp3) is 0. The number of fused-ring (bicyclic) bond motifs is 10. The van der Waals surface area contributed by atoms with E-state index in [-0.39, 0.29) is 0 Å². The smallest absolute Gasteiger partial charge is 0.178 e. The van der Waals surface area contributed by atoms with Crippen molar-refractivity contribution >= 4 is 65.7 Å². The Morgan fingerprint density at radius 3 is 1.67 bits per heavy atom. The van der Waals surface area contributed by atoms with E-state index in [1.807, 2.05) is 78.9 Å². The summed E-state index contributed by atoms with van der Waals surface area (Å²) in [6, 6.07) is 62.8. The van der Waals surface area contributed by atoms with E-state index in [4.69, 9.17) is 23.8 Å². The van der Waals surface area contributed by atoms with Gasteiger partial charge >= 0.3 is 0 Å². The number of benzene rings is 8. The van der Waals surface area contributed by atoms with Crippen LogP contribution in [0.5, 0.6) is 0 Å². The number of hydrogen-bond acceptors (Lipinski definition) is 5. The molecular formula is C51H30N4O2. The number of hydrogen-bond donors (Lipinski definition) is 0. The molecule has 4 aromatic heterocycles. The first-order valence-corrected chi connectivity index (χ1v) is 19.0. The van der Waals surface area contributed by atoms with Crippen LogP contribution in [0.3, 0.4) is 0 Å². The highest BCUT2D eigenvalue weighted by Crippen LogP contribution is 2.43. The van der Waals surface area contributed by atoms with Gasteiger partial charge in [0.2, 0.25) is 0 Å². The zero-order valence-corrected chi connectivity index (χ0v) is 30.4. The van der Waals surface area contributed by atoms with E-state index in [9.17, 15) is 0 Å². The predicted octanol–water partition coefficient (Wildman–Crippen LogP) is 13.4. The Morgan fingerprint density at radius 2 is 0.895 bits per heavy atom. The van der Waals surface area contributed by atoms with Crippen LogP contribution in [0.15, 0.2) is 191 Å². The van der Waals surface area contributed by atoms with Gasteiger partial charge < -0.3 is 13.4 Å². The minimum atomic E-state index is 0.617. The lowest BCUT2D eigenvalue weighted by atomic mass is 10.00. The lowest BCUT2D eigenvalue weighted by molar-refractivity contribution is 0.634. The summed E-state index contributed by atoms with van der Waals surface area (Å²) < 4.78 is 15.5. The number of aromatic nitrogens is 4. The third-order valence-corrected chi connectivity index (χ3v) is 11.1. The molecule has 266 valence electrons. The van der Waals surface area contributed by atoms with Crippen molar-refractivity contribution in [3.8, 4) is 51.0 Å². The van der Waals surface area contributed by atoms with Crippen LogP contribution in [-0.2, 0) is 0 Å². The minimum absolute atomic E-state index is 0.617. The molecule has 8 aromatic carbocycles. The van der Waals surface area contributed by atoms with Gasteiger partial charge in [0.15, 0.2) is 28.6 Å². The highest BCUT2D eigenvalue weighted by Gasteiger charge is 2.20. The van der Waals surface area contributed by atoms with Crippen molar-refractivity contribution in [1.82, 2.24) is 19.5 Å². The number of nitrogens with zero attached hydrogens (tertiary/aromatic N) is 4. The van der Waals surface area contributed by atoms with Crippen LogP contribution < -0.4 is 0 Å². The molecule has 0 N–H and O–H groups in total. The van der Waals surface area contributed by atoms with Crippen molar-refractivity contribution in [2.45, 2.75) is 0 Å². The van der Waals surface area contributed by atoms with Gasteiger partial charge in [-0.3, -0.25) is 0 Å². The molecule has 12 aromatic rings. The SMILES string of the molecule is c1ccc(-c2nc(-c3ccccc3)nc(-c3cccc(-n4c5ccccc5c5cc(-c6cccc7c6oc6c7ccc7c8ccccc8oc76)ccc54)c3)n2)cc1. The first-order valence-electron chi connectivity index (χ1n) is 19.0. The molecule has 0 unspecified atom stereocenters. The van der Waals surface area contributed by atoms with Crippen molar-refractivity contribution in [2.24, 2.45) is 0 Å². The molecule has 0 radical (unpaired) electrons.